The molecule has 0 bridgehead atoms. The monoisotopic (exact) mass is 258 g/mol. The zero-order valence-electron chi connectivity index (χ0n) is 12.8. The third-order valence-electron chi connectivity index (χ3n) is 2.65. The maximum atomic E-state index is 11.4. The molecule has 0 aromatic heterocycles. The molecule has 1 unspecified atom stereocenters. The van der Waals surface area contributed by atoms with Crippen molar-refractivity contribution in [1.82, 2.24) is 0 Å². The van der Waals surface area contributed by atoms with E-state index in [0.717, 1.165) is 12.8 Å². The van der Waals surface area contributed by atoms with Gasteiger partial charge in [0.1, 0.15) is 11.7 Å². The Morgan fingerprint density at radius 2 is 1.61 bits per heavy atom. The number of carbonyl (C=O) groups excluding carboxylic acids is 1. The molecule has 3 heteroatoms. The van der Waals surface area contributed by atoms with E-state index in [4.69, 9.17) is 9.47 Å². The van der Waals surface area contributed by atoms with Crippen LogP contribution < -0.4 is 0 Å². The SMILES string of the molecule is CCCCCCCCC(C)OC(=O)OC(C)(C)C. The van der Waals surface area contributed by atoms with Crippen LogP contribution in [0.15, 0.2) is 0 Å². The fourth-order valence-electron chi connectivity index (χ4n) is 1.71. The number of hydrogen-bond donors (Lipinski definition) is 0. The second-order valence-corrected chi connectivity index (χ2v) is 5.95. The lowest BCUT2D eigenvalue weighted by molar-refractivity contribution is -0.0249. The van der Waals surface area contributed by atoms with E-state index < -0.39 is 11.8 Å². The van der Waals surface area contributed by atoms with Gasteiger partial charge in [0.15, 0.2) is 0 Å². The average molecular weight is 258 g/mol. The molecule has 0 saturated heterocycles. The van der Waals surface area contributed by atoms with Gasteiger partial charge < -0.3 is 9.47 Å². The van der Waals surface area contributed by atoms with E-state index in [1.807, 2.05) is 27.7 Å². The van der Waals surface area contributed by atoms with Gasteiger partial charge in [-0.2, -0.15) is 0 Å². The first-order valence-electron chi connectivity index (χ1n) is 7.24. The highest BCUT2D eigenvalue weighted by Crippen LogP contribution is 2.13. The number of carbonyl (C=O) groups is 1. The summed E-state index contributed by atoms with van der Waals surface area (Å²) in [5.41, 5.74) is -0.475. The summed E-state index contributed by atoms with van der Waals surface area (Å²) >= 11 is 0. The Bertz CT molecular complexity index is 218. The summed E-state index contributed by atoms with van der Waals surface area (Å²) in [7, 11) is 0. The van der Waals surface area contributed by atoms with Crippen LogP contribution in [0, 0.1) is 0 Å². The van der Waals surface area contributed by atoms with Crippen molar-refractivity contribution in [3.05, 3.63) is 0 Å². The van der Waals surface area contributed by atoms with Gasteiger partial charge in [0, 0.05) is 0 Å². The summed E-state index contributed by atoms with van der Waals surface area (Å²) in [5, 5.41) is 0. The van der Waals surface area contributed by atoms with Gasteiger partial charge in [-0.25, -0.2) is 4.79 Å². The van der Waals surface area contributed by atoms with Crippen molar-refractivity contribution in [3.63, 3.8) is 0 Å². The minimum atomic E-state index is -0.555. The molecule has 0 rings (SSSR count). The minimum Gasteiger partial charge on any atom is -0.431 e. The predicted octanol–water partition coefficient (Wildman–Crippen LogP) is 5.08. The first-order chi connectivity index (χ1) is 8.35. The molecule has 0 aliphatic rings. The largest absolute Gasteiger partial charge is 0.509 e. The van der Waals surface area contributed by atoms with E-state index in [9.17, 15) is 4.79 Å². The highest BCUT2D eigenvalue weighted by Gasteiger charge is 2.19. The molecule has 0 saturated carbocycles. The number of ether oxygens (including phenoxy) is 2. The number of rotatable bonds is 8. The first kappa shape index (κ1) is 17.3. The van der Waals surface area contributed by atoms with E-state index in [1.165, 1.54) is 32.1 Å². The third-order valence-corrected chi connectivity index (χ3v) is 2.65. The lowest BCUT2D eigenvalue weighted by Crippen LogP contribution is -2.26. The van der Waals surface area contributed by atoms with E-state index in [1.54, 1.807) is 0 Å². The smallest absolute Gasteiger partial charge is 0.431 e. The van der Waals surface area contributed by atoms with Crippen molar-refractivity contribution in [2.45, 2.75) is 91.3 Å². The Morgan fingerprint density at radius 1 is 1.06 bits per heavy atom. The van der Waals surface area contributed by atoms with Crippen LogP contribution in [0.4, 0.5) is 4.79 Å². The van der Waals surface area contributed by atoms with Crippen molar-refractivity contribution < 1.29 is 14.3 Å². The Balaban J connectivity index is 3.53. The lowest BCUT2D eigenvalue weighted by atomic mass is 10.1. The van der Waals surface area contributed by atoms with Crippen LogP contribution in [-0.2, 0) is 9.47 Å². The average Bonchev–Trinajstić information content (AvgIpc) is 2.20. The molecule has 0 amide bonds. The van der Waals surface area contributed by atoms with Gasteiger partial charge in [-0.1, -0.05) is 39.0 Å². The molecule has 0 heterocycles. The molecule has 0 N–H and O–H groups in total. The fraction of sp³-hybridized carbons (Fsp3) is 0.933. The molecule has 0 spiro atoms. The predicted molar refractivity (Wildman–Crippen MR) is 74.8 cm³/mol. The lowest BCUT2D eigenvalue weighted by Gasteiger charge is -2.21. The first-order valence-corrected chi connectivity index (χ1v) is 7.24. The highest BCUT2D eigenvalue weighted by molar-refractivity contribution is 5.60. The Labute approximate surface area is 112 Å². The van der Waals surface area contributed by atoms with Gasteiger partial charge in [-0.3, -0.25) is 0 Å². The maximum Gasteiger partial charge on any atom is 0.509 e. The zero-order chi connectivity index (χ0) is 14.0. The molecular weight excluding hydrogens is 228 g/mol. The molecule has 0 aliphatic heterocycles. The van der Waals surface area contributed by atoms with E-state index >= 15 is 0 Å². The number of hydrogen-bond acceptors (Lipinski definition) is 3. The van der Waals surface area contributed by atoms with Gasteiger partial charge in [0.2, 0.25) is 0 Å². The molecule has 18 heavy (non-hydrogen) atoms. The van der Waals surface area contributed by atoms with Crippen LogP contribution in [0.1, 0.15) is 79.6 Å². The third kappa shape index (κ3) is 11.7. The van der Waals surface area contributed by atoms with E-state index in [2.05, 4.69) is 6.92 Å². The summed E-state index contributed by atoms with van der Waals surface area (Å²) in [6.45, 7) is 9.67. The maximum absolute atomic E-state index is 11.4. The number of unbranched alkanes of at least 4 members (excludes halogenated alkanes) is 5. The Kier molecular flexibility index (Phi) is 8.86. The van der Waals surface area contributed by atoms with Crippen LogP contribution in [0.3, 0.4) is 0 Å². The van der Waals surface area contributed by atoms with Crippen LogP contribution in [0.5, 0.6) is 0 Å². The van der Waals surface area contributed by atoms with Crippen molar-refractivity contribution >= 4 is 6.16 Å². The molecule has 0 aliphatic carbocycles. The highest BCUT2D eigenvalue weighted by atomic mass is 16.7. The van der Waals surface area contributed by atoms with Crippen molar-refractivity contribution in [1.29, 1.82) is 0 Å². The topological polar surface area (TPSA) is 35.5 Å². The Morgan fingerprint density at radius 3 is 2.17 bits per heavy atom. The minimum absolute atomic E-state index is 0.0500. The summed E-state index contributed by atoms with van der Waals surface area (Å²) in [5.74, 6) is 0. The van der Waals surface area contributed by atoms with Gasteiger partial charge in [-0.05, 0) is 40.5 Å². The van der Waals surface area contributed by atoms with E-state index in [-0.39, 0.29) is 6.10 Å². The summed E-state index contributed by atoms with van der Waals surface area (Å²) in [4.78, 5) is 11.4. The second-order valence-electron chi connectivity index (χ2n) is 5.95. The van der Waals surface area contributed by atoms with Crippen LogP contribution >= 0.6 is 0 Å². The van der Waals surface area contributed by atoms with Crippen molar-refractivity contribution in [2.24, 2.45) is 0 Å². The van der Waals surface area contributed by atoms with Crippen LogP contribution in [0.2, 0.25) is 0 Å². The van der Waals surface area contributed by atoms with Gasteiger partial charge in [0.25, 0.3) is 0 Å². The van der Waals surface area contributed by atoms with Gasteiger partial charge >= 0.3 is 6.16 Å². The summed E-state index contributed by atoms with van der Waals surface area (Å²) in [6.07, 6.45) is 7.86. The normalized spacial score (nSPS) is 13.2. The van der Waals surface area contributed by atoms with Crippen molar-refractivity contribution in [3.8, 4) is 0 Å². The molecular formula is C15H30O3. The molecule has 0 aromatic carbocycles. The summed E-state index contributed by atoms with van der Waals surface area (Å²) in [6, 6.07) is 0. The quantitative estimate of drug-likeness (QED) is 0.450. The van der Waals surface area contributed by atoms with Crippen molar-refractivity contribution in [2.75, 3.05) is 0 Å². The molecule has 108 valence electrons. The standard InChI is InChI=1S/C15H30O3/c1-6-7-8-9-10-11-12-13(2)17-14(16)18-15(3,4)5/h13H,6-12H2,1-5H3. The molecule has 0 aromatic rings. The van der Waals surface area contributed by atoms with Crippen LogP contribution in [0.25, 0.3) is 0 Å². The van der Waals surface area contributed by atoms with E-state index in [0.29, 0.717) is 0 Å². The van der Waals surface area contributed by atoms with Crippen LogP contribution in [-0.4, -0.2) is 17.9 Å². The second kappa shape index (κ2) is 9.23. The van der Waals surface area contributed by atoms with Gasteiger partial charge in [0.05, 0.1) is 0 Å². The zero-order valence-corrected chi connectivity index (χ0v) is 12.8. The molecule has 0 fully saturated rings. The summed E-state index contributed by atoms with van der Waals surface area (Å²) < 4.78 is 10.3. The fourth-order valence-corrected chi connectivity index (χ4v) is 1.71. The Hall–Kier alpha value is -0.730. The molecule has 0 radical (unpaired) electrons. The molecule has 3 nitrogen and oxygen atoms in total. The van der Waals surface area contributed by atoms with Gasteiger partial charge in [-0.15, -0.1) is 0 Å². The molecule has 1 atom stereocenters.